The number of carbonyl (C=O) groups excluding carboxylic acids is 1. The molecule has 2 aromatic heterocycles. The highest BCUT2D eigenvalue weighted by atomic mass is 35.5. The van der Waals surface area contributed by atoms with Gasteiger partial charge >= 0.3 is 5.69 Å². The second-order valence-corrected chi connectivity index (χ2v) is 8.08. The molecule has 6 nitrogen and oxygen atoms in total. The van der Waals surface area contributed by atoms with E-state index in [0.29, 0.717) is 21.3 Å². The van der Waals surface area contributed by atoms with Crippen molar-refractivity contribution in [2.75, 3.05) is 5.32 Å². The van der Waals surface area contributed by atoms with Crippen molar-refractivity contribution in [2.45, 2.75) is 13.5 Å². The summed E-state index contributed by atoms with van der Waals surface area (Å²) in [6.45, 7) is 1.33. The third-order valence-corrected chi connectivity index (χ3v) is 5.85. The normalized spacial score (nSPS) is 11.1. The first kappa shape index (κ1) is 21.0. The van der Waals surface area contributed by atoms with Crippen LogP contribution in [0.4, 0.5) is 14.5 Å². The van der Waals surface area contributed by atoms with Crippen LogP contribution in [-0.4, -0.2) is 15.0 Å². The minimum absolute atomic E-state index is 0.172. The second kappa shape index (κ2) is 8.09. The number of nitrogens with one attached hydrogen (secondary N) is 1. The molecule has 0 aliphatic heterocycles. The van der Waals surface area contributed by atoms with E-state index in [1.807, 2.05) is 0 Å². The number of hydrogen-bond donors (Lipinski definition) is 1. The van der Waals surface area contributed by atoms with Crippen LogP contribution in [0.2, 0.25) is 5.02 Å². The van der Waals surface area contributed by atoms with Crippen molar-refractivity contribution in [1.29, 1.82) is 0 Å². The number of anilines is 1. The van der Waals surface area contributed by atoms with Gasteiger partial charge in [-0.15, -0.1) is 11.3 Å². The van der Waals surface area contributed by atoms with Crippen LogP contribution in [-0.2, 0) is 11.3 Å². The summed E-state index contributed by atoms with van der Waals surface area (Å²) in [4.78, 5) is 38.7. The zero-order chi connectivity index (χ0) is 22.3. The summed E-state index contributed by atoms with van der Waals surface area (Å²) in [5.41, 5.74) is -0.498. The molecule has 2 heterocycles. The molecule has 4 rings (SSSR count). The highest BCUT2D eigenvalue weighted by molar-refractivity contribution is 7.17. The van der Waals surface area contributed by atoms with Crippen molar-refractivity contribution in [3.63, 3.8) is 0 Å². The number of carbonyl (C=O) groups is 1. The first-order valence-electron chi connectivity index (χ1n) is 9.01. The van der Waals surface area contributed by atoms with Crippen molar-refractivity contribution in [1.82, 2.24) is 9.13 Å². The summed E-state index contributed by atoms with van der Waals surface area (Å²) in [7, 11) is 0. The number of amides is 1. The van der Waals surface area contributed by atoms with E-state index in [2.05, 4.69) is 5.32 Å². The largest absolute Gasteiger partial charge is 0.336 e. The van der Waals surface area contributed by atoms with Crippen LogP contribution in [0.5, 0.6) is 0 Å². The number of aryl methyl sites for hydroxylation is 1. The lowest BCUT2D eigenvalue weighted by molar-refractivity contribution is -0.116. The highest BCUT2D eigenvalue weighted by Crippen LogP contribution is 2.25. The Morgan fingerprint density at radius 1 is 1.13 bits per heavy atom. The average molecular weight is 462 g/mol. The Labute approximate surface area is 182 Å². The minimum atomic E-state index is -0.939. The van der Waals surface area contributed by atoms with Gasteiger partial charge in [-0.2, -0.15) is 0 Å². The fourth-order valence-corrected chi connectivity index (χ4v) is 4.34. The van der Waals surface area contributed by atoms with Gasteiger partial charge in [0.25, 0.3) is 5.56 Å². The van der Waals surface area contributed by atoms with Gasteiger partial charge in [0, 0.05) is 6.07 Å². The molecule has 4 aromatic rings. The Bertz CT molecular complexity index is 1420. The van der Waals surface area contributed by atoms with Crippen LogP contribution in [0.15, 0.2) is 57.4 Å². The molecule has 0 spiro atoms. The van der Waals surface area contributed by atoms with Crippen molar-refractivity contribution < 1.29 is 13.6 Å². The fraction of sp³-hybridized carbons (Fsp3) is 0.0952. The van der Waals surface area contributed by atoms with Gasteiger partial charge in [0.15, 0.2) is 0 Å². The third kappa shape index (κ3) is 3.89. The molecule has 0 aliphatic rings. The van der Waals surface area contributed by atoms with E-state index in [4.69, 9.17) is 11.6 Å². The number of halogens is 3. The first-order chi connectivity index (χ1) is 14.8. The van der Waals surface area contributed by atoms with Crippen molar-refractivity contribution in [3.8, 4) is 5.69 Å². The van der Waals surface area contributed by atoms with Gasteiger partial charge in [0.05, 0.1) is 21.9 Å². The number of aromatic nitrogens is 2. The highest BCUT2D eigenvalue weighted by Gasteiger charge is 2.19. The smallest absolute Gasteiger partial charge is 0.323 e. The van der Waals surface area contributed by atoms with Crippen LogP contribution >= 0.6 is 22.9 Å². The van der Waals surface area contributed by atoms with Crippen LogP contribution in [0.1, 0.15) is 5.56 Å². The molecule has 0 atom stereocenters. The Morgan fingerprint density at radius 2 is 1.84 bits per heavy atom. The zero-order valence-electron chi connectivity index (χ0n) is 16.0. The molecular weight excluding hydrogens is 448 g/mol. The molecule has 0 bridgehead atoms. The lowest BCUT2D eigenvalue weighted by Crippen LogP contribution is -2.40. The average Bonchev–Trinajstić information content (AvgIpc) is 3.18. The maximum absolute atomic E-state index is 13.7. The van der Waals surface area contributed by atoms with E-state index >= 15 is 0 Å². The fourth-order valence-electron chi connectivity index (χ4n) is 3.25. The minimum Gasteiger partial charge on any atom is -0.323 e. The van der Waals surface area contributed by atoms with Crippen molar-refractivity contribution in [3.05, 3.63) is 90.9 Å². The Balaban J connectivity index is 1.83. The monoisotopic (exact) mass is 461 g/mol. The van der Waals surface area contributed by atoms with E-state index in [1.54, 1.807) is 30.5 Å². The van der Waals surface area contributed by atoms with E-state index in [1.165, 1.54) is 6.07 Å². The maximum atomic E-state index is 13.7. The standard InChI is InChI=1S/C21H14ClF2N3O3S/c1-11-3-2-4-15(22)18(11)25-17(28)10-26-16-5-6-31-19(16)20(29)27(21(26)30)14-8-12(23)7-13(24)9-14/h2-9H,10H2,1H3,(H,25,28). The molecule has 10 heteroatoms. The molecule has 1 N–H and O–H groups in total. The van der Waals surface area contributed by atoms with Gasteiger partial charge in [-0.25, -0.2) is 18.1 Å². The van der Waals surface area contributed by atoms with E-state index < -0.39 is 35.3 Å². The molecule has 2 aromatic carbocycles. The Hall–Kier alpha value is -3.30. The molecule has 31 heavy (non-hydrogen) atoms. The number of hydrogen-bond acceptors (Lipinski definition) is 4. The number of rotatable bonds is 4. The Morgan fingerprint density at radius 3 is 2.52 bits per heavy atom. The predicted octanol–water partition coefficient (Wildman–Crippen LogP) is 4.09. The molecule has 0 saturated carbocycles. The first-order valence-corrected chi connectivity index (χ1v) is 10.3. The molecule has 0 radical (unpaired) electrons. The number of nitrogens with zero attached hydrogens (tertiary/aromatic N) is 2. The number of thiophene rings is 1. The molecular formula is C21H14ClF2N3O3S. The Kier molecular flexibility index (Phi) is 5.47. The summed E-state index contributed by atoms with van der Waals surface area (Å²) in [5, 5.41) is 4.60. The van der Waals surface area contributed by atoms with Gasteiger partial charge in [0.2, 0.25) is 5.91 Å². The van der Waals surface area contributed by atoms with Crippen LogP contribution in [0.3, 0.4) is 0 Å². The number of para-hydroxylation sites is 1. The van der Waals surface area contributed by atoms with Crippen LogP contribution in [0, 0.1) is 18.6 Å². The summed E-state index contributed by atoms with van der Waals surface area (Å²) in [5.74, 6) is -2.43. The number of fused-ring (bicyclic) bond motifs is 1. The molecule has 0 unspecified atom stereocenters. The lowest BCUT2D eigenvalue weighted by atomic mass is 10.2. The number of benzene rings is 2. The summed E-state index contributed by atoms with van der Waals surface area (Å²) in [6, 6.07) is 9.05. The molecule has 158 valence electrons. The second-order valence-electron chi connectivity index (χ2n) is 6.75. The van der Waals surface area contributed by atoms with Crippen LogP contribution in [0.25, 0.3) is 15.9 Å². The summed E-state index contributed by atoms with van der Waals surface area (Å²) < 4.78 is 29.3. The quantitative estimate of drug-likeness (QED) is 0.497. The molecule has 0 saturated heterocycles. The van der Waals surface area contributed by atoms with Crippen molar-refractivity contribution in [2.24, 2.45) is 0 Å². The topological polar surface area (TPSA) is 73.1 Å². The van der Waals surface area contributed by atoms with Gasteiger partial charge in [-0.05, 0) is 42.1 Å². The summed E-state index contributed by atoms with van der Waals surface area (Å²) >= 11 is 7.20. The van der Waals surface area contributed by atoms with Crippen LogP contribution < -0.4 is 16.6 Å². The van der Waals surface area contributed by atoms with E-state index in [-0.39, 0.29) is 15.9 Å². The van der Waals surface area contributed by atoms with Crippen molar-refractivity contribution >= 4 is 44.7 Å². The zero-order valence-corrected chi connectivity index (χ0v) is 17.6. The van der Waals surface area contributed by atoms with Gasteiger partial charge in [-0.3, -0.25) is 14.2 Å². The lowest BCUT2D eigenvalue weighted by Gasteiger charge is -2.14. The van der Waals surface area contributed by atoms with Gasteiger partial charge in [-0.1, -0.05) is 23.7 Å². The SMILES string of the molecule is Cc1cccc(Cl)c1NC(=O)Cn1c(=O)n(-c2cc(F)cc(F)c2)c(=O)c2sccc21. The molecule has 1 amide bonds. The van der Waals surface area contributed by atoms with E-state index in [9.17, 15) is 23.2 Å². The molecule has 0 fully saturated rings. The summed E-state index contributed by atoms with van der Waals surface area (Å²) in [6.07, 6.45) is 0. The predicted molar refractivity (Wildman–Crippen MR) is 116 cm³/mol. The third-order valence-electron chi connectivity index (χ3n) is 4.65. The van der Waals surface area contributed by atoms with Gasteiger partial charge in [0.1, 0.15) is 22.9 Å². The molecule has 0 aliphatic carbocycles. The van der Waals surface area contributed by atoms with Gasteiger partial charge < -0.3 is 5.32 Å². The maximum Gasteiger partial charge on any atom is 0.336 e. The van der Waals surface area contributed by atoms with E-state index in [0.717, 1.165) is 33.6 Å².